The van der Waals surface area contributed by atoms with Gasteiger partial charge >= 0.3 is 0 Å². The van der Waals surface area contributed by atoms with Crippen LogP contribution in [0.15, 0.2) is 23.7 Å². The van der Waals surface area contributed by atoms with Crippen LogP contribution in [0, 0.1) is 0 Å². The van der Waals surface area contributed by atoms with Gasteiger partial charge in [0, 0.05) is 13.2 Å². The Morgan fingerprint density at radius 3 is 3.06 bits per heavy atom. The van der Waals surface area contributed by atoms with Crippen LogP contribution in [-0.4, -0.2) is 15.7 Å². The van der Waals surface area contributed by atoms with E-state index in [-0.39, 0.29) is 5.91 Å². The molecule has 2 aromatic heterocycles. The molecule has 0 spiro atoms. The lowest BCUT2D eigenvalue weighted by atomic mass is 10.3. The molecule has 0 unspecified atom stereocenters. The lowest BCUT2D eigenvalue weighted by Gasteiger charge is -2.01. The average Bonchev–Trinajstić information content (AvgIpc) is 2.87. The summed E-state index contributed by atoms with van der Waals surface area (Å²) >= 11 is 1.43. The molecule has 1 N–H and O–H groups in total. The number of thiophene rings is 1. The van der Waals surface area contributed by atoms with E-state index in [9.17, 15) is 4.79 Å². The number of hydrogen-bond acceptors (Lipinski definition) is 3. The summed E-state index contributed by atoms with van der Waals surface area (Å²) in [6, 6.07) is 3.67. The van der Waals surface area contributed by atoms with Gasteiger partial charge in [-0.1, -0.05) is 13.0 Å². The lowest BCUT2D eigenvalue weighted by Crippen LogP contribution is -2.10. The standard InChI is InChI=1S/C11H13N3OS/c1-3-8-9(7-14(2)13-8)12-11(15)10-5-4-6-16-10/h4-7H,3H2,1-2H3,(H,12,15). The lowest BCUT2D eigenvalue weighted by molar-refractivity contribution is 0.103. The summed E-state index contributed by atoms with van der Waals surface area (Å²) in [5.74, 6) is -0.0716. The molecule has 1 amide bonds. The van der Waals surface area contributed by atoms with E-state index in [2.05, 4.69) is 10.4 Å². The summed E-state index contributed by atoms with van der Waals surface area (Å²) in [7, 11) is 1.85. The van der Waals surface area contributed by atoms with Crippen molar-refractivity contribution in [3.63, 3.8) is 0 Å². The molecule has 0 aromatic carbocycles. The fourth-order valence-electron chi connectivity index (χ4n) is 1.49. The maximum Gasteiger partial charge on any atom is 0.265 e. The number of rotatable bonds is 3. The number of nitrogens with one attached hydrogen (secondary N) is 1. The second-order valence-electron chi connectivity index (χ2n) is 3.45. The molecule has 16 heavy (non-hydrogen) atoms. The van der Waals surface area contributed by atoms with E-state index in [0.717, 1.165) is 17.8 Å². The second kappa shape index (κ2) is 4.49. The van der Waals surface area contributed by atoms with E-state index in [0.29, 0.717) is 4.88 Å². The van der Waals surface area contributed by atoms with Crippen molar-refractivity contribution in [2.24, 2.45) is 7.05 Å². The van der Waals surface area contributed by atoms with Gasteiger partial charge in [-0.3, -0.25) is 9.48 Å². The van der Waals surface area contributed by atoms with Crippen LogP contribution in [0.25, 0.3) is 0 Å². The van der Waals surface area contributed by atoms with Crippen LogP contribution in [0.4, 0.5) is 5.69 Å². The van der Waals surface area contributed by atoms with Crippen molar-refractivity contribution in [2.45, 2.75) is 13.3 Å². The van der Waals surface area contributed by atoms with E-state index in [1.165, 1.54) is 11.3 Å². The van der Waals surface area contributed by atoms with Crippen LogP contribution >= 0.6 is 11.3 Å². The number of amides is 1. The number of carbonyl (C=O) groups is 1. The second-order valence-corrected chi connectivity index (χ2v) is 4.40. The highest BCUT2D eigenvalue weighted by Crippen LogP contribution is 2.16. The Labute approximate surface area is 97.9 Å². The molecule has 4 nitrogen and oxygen atoms in total. The Morgan fingerprint density at radius 1 is 1.62 bits per heavy atom. The molecule has 0 bridgehead atoms. The molecule has 0 aliphatic carbocycles. The highest BCUT2D eigenvalue weighted by Gasteiger charge is 2.11. The predicted octanol–water partition coefficient (Wildman–Crippen LogP) is 2.30. The van der Waals surface area contributed by atoms with Gasteiger partial charge in [0.05, 0.1) is 16.3 Å². The monoisotopic (exact) mass is 235 g/mol. The van der Waals surface area contributed by atoms with Gasteiger partial charge in [0.25, 0.3) is 5.91 Å². The Morgan fingerprint density at radius 2 is 2.44 bits per heavy atom. The van der Waals surface area contributed by atoms with Crippen molar-refractivity contribution < 1.29 is 4.79 Å². The summed E-state index contributed by atoms with van der Waals surface area (Å²) in [6.45, 7) is 2.02. The number of anilines is 1. The van der Waals surface area contributed by atoms with Crippen LogP contribution in [-0.2, 0) is 13.5 Å². The Kier molecular flexibility index (Phi) is 3.05. The molecule has 5 heteroatoms. The van der Waals surface area contributed by atoms with E-state index >= 15 is 0 Å². The minimum Gasteiger partial charge on any atom is -0.318 e. The molecule has 0 radical (unpaired) electrons. The Balaban J connectivity index is 2.17. The summed E-state index contributed by atoms with van der Waals surface area (Å²) in [5.41, 5.74) is 1.70. The molecule has 0 fully saturated rings. The smallest absolute Gasteiger partial charge is 0.265 e. The van der Waals surface area contributed by atoms with Gasteiger partial charge in [0.15, 0.2) is 0 Å². The number of hydrogen-bond donors (Lipinski definition) is 1. The quantitative estimate of drug-likeness (QED) is 0.887. The Hall–Kier alpha value is -1.62. The molecule has 2 heterocycles. The van der Waals surface area contributed by atoms with Crippen molar-refractivity contribution >= 4 is 22.9 Å². The van der Waals surface area contributed by atoms with Crippen LogP contribution in [0.2, 0.25) is 0 Å². The number of aromatic nitrogens is 2. The first-order chi connectivity index (χ1) is 7.70. The zero-order chi connectivity index (χ0) is 11.5. The number of nitrogens with zero attached hydrogens (tertiary/aromatic N) is 2. The minimum atomic E-state index is -0.0716. The van der Waals surface area contributed by atoms with Gasteiger partial charge < -0.3 is 5.32 Å². The maximum atomic E-state index is 11.8. The van der Waals surface area contributed by atoms with Crippen molar-refractivity contribution in [2.75, 3.05) is 5.32 Å². The minimum absolute atomic E-state index is 0.0716. The normalized spacial score (nSPS) is 10.4. The third kappa shape index (κ3) is 2.14. The van der Waals surface area contributed by atoms with Crippen molar-refractivity contribution in [1.82, 2.24) is 9.78 Å². The largest absolute Gasteiger partial charge is 0.318 e. The molecule has 0 saturated carbocycles. The fourth-order valence-corrected chi connectivity index (χ4v) is 2.11. The first-order valence-electron chi connectivity index (χ1n) is 5.08. The topological polar surface area (TPSA) is 46.9 Å². The zero-order valence-corrected chi connectivity index (χ0v) is 10.0. The SMILES string of the molecule is CCc1nn(C)cc1NC(=O)c1cccs1. The third-order valence-electron chi connectivity index (χ3n) is 2.23. The fraction of sp³-hybridized carbons (Fsp3) is 0.273. The van der Waals surface area contributed by atoms with Crippen LogP contribution < -0.4 is 5.32 Å². The first kappa shape index (κ1) is 10.9. The average molecular weight is 235 g/mol. The molecule has 84 valence electrons. The third-order valence-corrected chi connectivity index (χ3v) is 3.10. The van der Waals surface area contributed by atoms with E-state index < -0.39 is 0 Å². The Bertz CT molecular complexity index is 487. The van der Waals surface area contributed by atoms with Crippen LogP contribution in [0.1, 0.15) is 22.3 Å². The molecular formula is C11H13N3OS. The van der Waals surface area contributed by atoms with Gasteiger partial charge in [-0.05, 0) is 17.9 Å². The van der Waals surface area contributed by atoms with E-state index in [1.807, 2.05) is 37.7 Å². The summed E-state index contributed by atoms with van der Waals surface area (Å²) in [6.07, 6.45) is 2.63. The van der Waals surface area contributed by atoms with E-state index in [4.69, 9.17) is 0 Å². The molecule has 2 rings (SSSR count). The van der Waals surface area contributed by atoms with Gasteiger partial charge in [0.1, 0.15) is 0 Å². The highest BCUT2D eigenvalue weighted by atomic mass is 32.1. The van der Waals surface area contributed by atoms with E-state index in [1.54, 1.807) is 4.68 Å². The van der Waals surface area contributed by atoms with Crippen molar-refractivity contribution in [3.8, 4) is 0 Å². The number of aryl methyl sites for hydroxylation is 2. The molecule has 0 atom stereocenters. The predicted molar refractivity (Wildman–Crippen MR) is 64.9 cm³/mol. The molecule has 2 aromatic rings. The van der Waals surface area contributed by atoms with Gasteiger partial charge in [0.2, 0.25) is 0 Å². The summed E-state index contributed by atoms with van der Waals surface area (Å²) < 4.78 is 1.71. The molecular weight excluding hydrogens is 222 g/mol. The highest BCUT2D eigenvalue weighted by molar-refractivity contribution is 7.12. The summed E-state index contributed by atoms with van der Waals surface area (Å²) in [5, 5.41) is 9.03. The molecule has 0 saturated heterocycles. The zero-order valence-electron chi connectivity index (χ0n) is 9.23. The van der Waals surface area contributed by atoms with Crippen molar-refractivity contribution in [3.05, 3.63) is 34.3 Å². The van der Waals surface area contributed by atoms with Gasteiger partial charge in [-0.25, -0.2) is 0 Å². The number of carbonyl (C=O) groups excluding carboxylic acids is 1. The first-order valence-corrected chi connectivity index (χ1v) is 5.96. The van der Waals surface area contributed by atoms with Gasteiger partial charge in [-0.15, -0.1) is 11.3 Å². The van der Waals surface area contributed by atoms with Crippen LogP contribution in [0.3, 0.4) is 0 Å². The van der Waals surface area contributed by atoms with Crippen LogP contribution in [0.5, 0.6) is 0 Å². The summed E-state index contributed by atoms with van der Waals surface area (Å²) in [4.78, 5) is 12.5. The maximum absolute atomic E-state index is 11.8. The van der Waals surface area contributed by atoms with Crippen molar-refractivity contribution in [1.29, 1.82) is 0 Å². The van der Waals surface area contributed by atoms with Gasteiger partial charge in [-0.2, -0.15) is 5.10 Å². The molecule has 0 aliphatic heterocycles. The molecule has 0 aliphatic rings.